The van der Waals surface area contributed by atoms with Crippen LogP contribution >= 0.6 is 0 Å². The number of carbonyl (C=O) groups excluding carboxylic acids is 1. The predicted molar refractivity (Wildman–Crippen MR) is 119 cm³/mol. The van der Waals surface area contributed by atoms with Gasteiger partial charge in [-0.2, -0.15) is 0 Å². The maximum atomic E-state index is 13.0. The number of aromatic nitrogens is 3. The standard InChI is InChI=1S/C24H27N5O2/c1-27-15-11-25-23(27)22(30)18-8-12-28(13-9-18)21-7-6-19(16-26-21)24(31)29-14-10-17-4-2-3-5-20(17)29/h2-7,11,15-16,18,22,30H,8-10,12-14H2,1H3. The van der Waals surface area contributed by atoms with E-state index in [1.165, 1.54) is 5.56 Å². The molecule has 0 spiro atoms. The summed E-state index contributed by atoms with van der Waals surface area (Å²) in [6.07, 6.45) is 7.38. The molecule has 1 N–H and O–H groups in total. The second-order valence-corrected chi connectivity index (χ2v) is 8.41. The number of nitrogens with zero attached hydrogens (tertiary/aromatic N) is 5. The third kappa shape index (κ3) is 3.70. The average molecular weight is 418 g/mol. The maximum Gasteiger partial charge on any atom is 0.259 e. The van der Waals surface area contributed by atoms with E-state index in [0.717, 1.165) is 49.7 Å². The van der Waals surface area contributed by atoms with Gasteiger partial charge >= 0.3 is 0 Å². The molecule has 2 aliphatic rings. The highest BCUT2D eigenvalue weighted by molar-refractivity contribution is 6.07. The third-order valence-corrected chi connectivity index (χ3v) is 6.56. The average Bonchev–Trinajstić information content (AvgIpc) is 3.44. The van der Waals surface area contributed by atoms with Crippen molar-refractivity contribution in [2.45, 2.75) is 25.4 Å². The molecule has 7 nitrogen and oxygen atoms in total. The number of amides is 1. The van der Waals surface area contributed by atoms with Crippen LogP contribution in [0.4, 0.5) is 11.5 Å². The lowest BCUT2D eigenvalue weighted by Crippen LogP contribution is -2.36. The quantitative estimate of drug-likeness (QED) is 0.707. The van der Waals surface area contributed by atoms with Gasteiger partial charge in [-0.1, -0.05) is 18.2 Å². The largest absolute Gasteiger partial charge is 0.385 e. The Balaban J connectivity index is 1.22. The molecular formula is C24H27N5O2. The van der Waals surface area contributed by atoms with E-state index in [1.807, 2.05) is 53.0 Å². The van der Waals surface area contributed by atoms with Crippen LogP contribution < -0.4 is 9.80 Å². The Morgan fingerprint density at radius 2 is 1.90 bits per heavy atom. The van der Waals surface area contributed by atoms with Crippen molar-refractivity contribution in [2.24, 2.45) is 13.0 Å². The number of piperidine rings is 1. The fraction of sp³-hybridized carbons (Fsp3) is 0.375. The van der Waals surface area contributed by atoms with Crippen molar-refractivity contribution in [3.05, 3.63) is 71.9 Å². The summed E-state index contributed by atoms with van der Waals surface area (Å²) in [6.45, 7) is 2.36. The number of aliphatic hydroxyl groups is 1. The van der Waals surface area contributed by atoms with Crippen LogP contribution in [0.25, 0.3) is 0 Å². The first-order valence-electron chi connectivity index (χ1n) is 10.9. The number of benzene rings is 1. The fourth-order valence-electron chi connectivity index (χ4n) is 4.72. The lowest BCUT2D eigenvalue weighted by molar-refractivity contribution is 0.0824. The molecule has 5 rings (SSSR count). The summed E-state index contributed by atoms with van der Waals surface area (Å²) in [5.74, 6) is 1.79. The van der Waals surface area contributed by atoms with Crippen LogP contribution in [0, 0.1) is 5.92 Å². The van der Waals surface area contributed by atoms with Crippen molar-refractivity contribution in [2.75, 3.05) is 29.4 Å². The molecule has 2 aromatic heterocycles. The molecule has 1 fully saturated rings. The molecule has 0 radical (unpaired) electrons. The number of anilines is 2. The molecular weight excluding hydrogens is 390 g/mol. The number of para-hydroxylation sites is 1. The third-order valence-electron chi connectivity index (χ3n) is 6.56. The molecule has 1 atom stereocenters. The van der Waals surface area contributed by atoms with Gasteiger partial charge in [0.2, 0.25) is 0 Å². The Morgan fingerprint density at radius 3 is 2.61 bits per heavy atom. The first-order valence-corrected chi connectivity index (χ1v) is 10.9. The van der Waals surface area contributed by atoms with Gasteiger partial charge in [-0.3, -0.25) is 4.79 Å². The molecule has 1 unspecified atom stereocenters. The topological polar surface area (TPSA) is 74.5 Å². The molecule has 0 aliphatic carbocycles. The van der Waals surface area contributed by atoms with E-state index in [9.17, 15) is 9.90 Å². The van der Waals surface area contributed by atoms with Crippen LogP contribution in [0.2, 0.25) is 0 Å². The Morgan fingerprint density at radius 1 is 1.10 bits per heavy atom. The van der Waals surface area contributed by atoms with E-state index in [0.29, 0.717) is 12.1 Å². The predicted octanol–water partition coefficient (Wildman–Crippen LogP) is 2.97. The molecule has 31 heavy (non-hydrogen) atoms. The molecule has 0 saturated carbocycles. The van der Waals surface area contributed by atoms with E-state index >= 15 is 0 Å². The second kappa shape index (κ2) is 8.15. The van der Waals surface area contributed by atoms with E-state index < -0.39 is 6.10 Å². The molecule has 2 aliphatic heterocycles. The minimum absolute atomic E-state index is 0.000832. The smallest absolute Gasteiger partial charge is 0.259 e. The van der Waals surface area contributed by atoms with Gasteiger partial charge < -0.3 is 19.5 Å². The van der Waals surface area contributed by atoms with Crippen molar-refractivity contribution < 1.29 is 9.90 Å². The van der Waals surface area contributed by atoms with E-state index in [2.05, 4.69) is 20.9 Å². The zero-order valence-electron chi connectivity index (χ0n) is 17.7. The van der Waals surface area contributed by atoms with Crippen molar-refractivity contribution in [3.63, 3.8) is 0 Å². The van der Waals surface area contributed by atoms with Crippen LogP contribution in [-0.2, 0) is 13.5 Å². The highest BCUT2D eigenvalue weighted by Gasteiger charge is 2.29. The summed E-state index contributed by atoms with van der Waals surface area (Å²) >= 11 is 0. The van der Waals surface area contributed by atoms with E-state index in [1.54, 1.807) is 12.4 Å². The number of hydrogen-bond acceptors (Lipinski definition) is 5. The van der Waals surface area contributed by atoms with Gasteiger partial charge in [0, 0.05) is 51.0 Å². The van der Waals surface area contributed by atoms with Crippen LogP contribution in [0.3, 0.4) is 0 Å². The fourth-order valence-corrected chi connectivity index (χ4v) is 4.72. The Bertz CT molecular complexity index is 1070. The van der Waals surface area contributed by atoms with Gasteiger partial charge in [0.05, 0.1) is 5.56 Å². The highest BCUT2D eigenvalue weighted by atomic mass is 16.3. The summed E-state index contributed by atoms with van der Waals surface area (Å²) in [5, 5.41) is 10.7. The molecule has 0 bridgehead atoms. The van der Waals surface area contributed by atoms with Crippen LogP contribution in [0.1, 0.15) is 40.7 Å². The zero-order chi connectivity index (χ0) is 21.4. The van der Waals surface area contributed by atoms with E-state index in [4.69, 9.17) is 0 Å². The van der Waals surface area contributed by atoms with Crippen LogP contribution in [0.15, 0.2) is 55.0 Å². The summed E-state index contributed by atoms with van der Waals surface area (Å²) in [6, 6.07) is 11.9. The summed E-state index contributed by atoms with van der Waals surface area (Å²) < 4.78 is 1.88. The normalized spacial score (nSPS) is 17.6. The molecule has 7 heteroatoms. The number of aryl methyl sites for hydroxylation is 1. The number of rotatable bonds is 4. The first kappa shape index (κ1) is 19.8. The Hall–Kier alpha value is -3.19. The lowest BCUT2D eigenvalue weighted by Gasteiger charge is -2.34. The van der Waals surface area contributed by atoms with Gasteiger partial charge in [0.15, 0.2) is 0 Å². The van der Waals surface area contributed by atoms with Crippen molar-refractivity contribution in [3.8, 4) is 0 Å². The van der Waals surface area contributed by atoms with Crippen molar-refractivity contribution in [1.29, 1.82) is 0 Å². The molecule has 1 saturated heterocycles. The summed E-state index contributed by atoms with van der Waals surface area (Å²) in [4.78, 5) is 25.9. The van der Waals surface area contributed by atoms with Gasteiger partial charge in [-0.05, 0) is 48.9 Å². The monoisotopic (exact) mass is 417 g/mol. The Kier molecular flexibility index (Phi) is 5.19. The first-order chi connectivity index (χ1) is 15.1. The number of imidazole rings is 1. The molecule has 3 aromatic rings. The molecule has 1 aromatic carbocycles. The van der Waals surface area contributed by atoms with Gasteiger partial charge in [-0.15, -0.1) is 0 Å². The highest BCUT2D eigenvalue weighted by Crippen LogP contribution is 2.32. The number of fused-ring (bicyclic) bond motifs is 1. The second-order valence-electron chi connectivity index (χ2n) is 8.41. The Labute approximate surface area is 182 Å². The summed E-state index contributed by atoms with van der Waals surface area (Å²) in [5.41, 5.74) is 2.83. The van der Waals surface area contributed by atoms with Gasteiger partial charge in [-0.25, -0.2) is 9.97 Å². The number of pyridine rings is 1. The molecule has 160 valence electrons. The van der Waals surface area contributed by atoms with Gasteiger partial charge in [0.25, 0.3) is 5.91 Å². The maximum absolute atomic E-state index is 13.0. The zero-order valence-corrected chi connectivity index (χ0v) is 17.7. The minimum Gasteiger partial charge on any atom is -0.385 e. The van der Waals surface area contributed by atoms with Crippen molar-refractivity contribution >= 4 is 17.4 Å². The SMILES string of the molecule is Cn1ccnc1C(O)C1CCN(c2ccc(C(=O)N3CCc4ccccc43)cn2)CC1. The lowest BCUT2D eigenvalue weighted by atomic mass is 9.90. The summed E-state index contributed by atoms with van der Waals surface area (Å²) in [7, 11) is 1.91. The van der Waals surface area contributed by atoms with Crippen LogP contribution in [0.5, 0.6) is 0 Å². The molecule has 4 heterocycles. The van der Waals surface area contributed by atoms with Crippen LogP contribution in [-0.4, -0.2) is 45.2 Å². The van der Waals surface area contributed by atoms with E-state index in [-0.39, 0.29) is 11.8 Å². The number of carbonyl (C=O) groups is 1. The number of aliphatic hydroxyl groups excluding tert-OH is 1. The number of hydrogen-bond donors (Lipinski definition) is 1. The van der Waals surface area contributed by atoms with Crippen molar-refractivity contribution in [1.82, 2.24) is 14.5 Å². The molecule has 1 amide bonds. The van der Waals surface area contributed by atoms with Gasteiger partial charge in [0.1, 0.15) is 17.7 Å². The minimum atomic E-state index is -0.543.